The Bertz CT molecular complexity index is 876. The topological polar surface area (TPSA) is 50.9 Å². The van der Waals surface area contributed by atoms with Gasteiger partial charge in [-0.2, -0.15) is 5.10 Å². The third-order valence-electron chi connectivity index (χ3n) is 5.19. The van der Waals surface area contributed by atoms with E-state index in [0.29, 0.717) is 6.10 Å². The number of rotatable bonds is 4. The first kappa shape index (κ1) is 18.3. The van der Waals surface area contributed by atoms with E-state index in [0.717, 1.165) is 41.9 Å². The largest absolute Gasteiger partial charge is 0.376 e. The molecule has 0 bridgehead atoms. The number of thioether (sulfide) groups is 1. The summed E-state index contributed by atoms with van der Waals surface area (Å²) in [6, 6.07) is 10.5. The van der Waals surface area contributed by atoms with Crippen LogP contribution in [0.3, 0.4) is 0 Å². The van der Waals surface area contributed by atoms with Crippen LogP contribution in [0.15, 0.2) is 40.4 Å². The van der Waals surface area contributed by atoms with Crippen LogP contribution in [0.4, 0.5) is 5.69 Å². The number of hydrogen-bond acceptors (Lipinski definition) is 4. The maximum atomic E-state index is 5.82. The van der Waals surface area contributed by atoms with Gasteiger partial charge in [0.15, 0.2) is 5.17 Å². The molecule has 142 valence electrons. The summed E-state index contributed by atoms with van der Waals surface area (Å²) in [5.74, 6) is 0.821. The number of amidine groups is 1. The van der Waals surface area contributed by atoms with Crippen molar-refractivity contribution in [2.24, 2.45) is 10.1 Å². The van der Waals surface area contributed by atoms with E-state index in [1.807, 2.05) is 12.1 Å². The number of aryl methyl sites for hydroxylation is 2. The normalized spacial score (nSPS) is 21.4. The smallest absolute Gasteiger partial charge is 0.182 e. The Kier molecular flexibility index (Phi) is 5.36. The standard InChI is InChI=1S/C21H26N4OS/c1-14-6-8-17(9-7-14)22-21-24-23-20(13-27-21)19-11-15(2)25(16(19)3)12-18-5-4-10-26-18/h6-9,11,18H,4-5,10,12-13H2,1-3H3,(H,22,24)/t18-/m1/s1. The zero-order chi connectivity index (χ0) is 18.8. The highest BCUT2D eigenvalue weighted by Crippen LogP contribution is 2.24. The summed E-state index contributed by atoms with van der Waals surface area (Å²) in [5, 5.41) is 5.46. The second-order valence-corrected chi connectivity index (χ2v) is 8.21. The molecule has 0 saturated carbocycles. The average molecular weight is 383 g/mol. The van der Waals surface area contributed by atoms with Gasteiger partial charge in [-0.1, -0.05) is 29.5 Å². The van der Waals surface area contributed by atoms with Crippen molar-refractivity contribution < 1.29 is 4.74 Å². The van der Waals surface area contributed by atoms with Crippen LogP contribution in [0.5, 0.6) is 0 Å². The van der Waals surface area contributed by atoms with E-state index in [1.54, 1.807) is 11.8 Å². The van der Waals surface area contributed by atoms with Crippen molar-refractivity contribution in [1.29, 1.82) is 0 Å². The van der Waals surface area contributed by atoms with Gasteiger partial charge < -0.3 is 9.30 Å². The van der Waals surface area contributed by atoms with E-state index in [4.69, 9.17) is 4.74 Å². The number of ether oxygens (including phenoxy) is 1. The number of hydrazone groups is 1. The second-order valence-electron chi connectivity index (χ2n) is 7.24. The van der Waals surface area contributed by atoms with Crippen molar-refractivity contribution in [3.63, 3.8) is 0 Å². The molecular weight excluding hydrogens is 356 g/mol. The Morgan fingerprint density at radius 2 is 2.07 bits per heavy atom. The Morgan fingerprint density at radius 3 is 2.74 bits per heavy atom. The zero-order valence-electron chi connectivity index (χ0n) is 16.2. The molecule has 1 aromatic carbocycles. The van der Waals surface area contributed by atoms with Crippen LogP contribution in [0, 0.1) is 20.8 Å². The van der Waals surface area contributed by atoms with Gasteiger partial charge in [0.2, 0.25) is 0 Å². The molecule has 27 heavy (non-hydrogen) atoms. The first-order chi connectivity index (χ1) is 13.1. The molecule has 0 unspecified atom stereocenters. The second kappa shape index (κ2) is 7.90. The predicted molar refractivity (Wildman–Crippen MR) is 113 cm³/mol. The lowest BCUT2D eigenvalue weighted by Gasteiger charge is -2.17. The number of benzene rings is 1. The first-order valence-electron chi connectivity index (χ1n) is 9.49. The highest BCUT2D eigenvalue weighted by Gasteiger charge is 2.22. The van der Waals surface area contributed by atoms with Crippen LogP contribution in [0.1, 0.15) is 35.4 Å². The van der Waals surface area contributed by atoms with E-state index >= 15 is 0 Å². The summed E-state index contributed by atoms with van der Waals surface area (Å²) in [6.45, 7) is 8.26. The van der Waals surface area contributed by atoms with Gasteiger partial charge in [-0.05, 0) is 51.8 Å². The average Bonchev–Trinajstić information content (AvgIpc) is 3.28. The number of aliphatic imine (C=N–C) groups is 1. The number of hydrogen-bond donors (Lipinski definition) is 1. The fraction of sp³-hybridized carbons (Fsp3) is 0.429. The molecule has 1 saturated heterocycles. The lowest BCUT2D eigenvalue weighted by atomic mass is 10.1. The van der Waals surface area contributed by atoms with Gasteiger partial charge in [-0.3, -0.25) is 5.43 Å². The van der Waals surface area contributed by atoms with Crippen molar-refractivity contribution >= 4 is 28.3 Å². The minimum atomic E-state index is 0.344. The molecule has 1 aromatic heterocycles. The summed E-state index contributed by atoms with van der Waals surface area (Å²) >= 11 is 1.70. The third kappa shape index (κ3) is 4.12. The summed E-state index contributed by atoms with van der Waals surface area (Å²) in [5.41, 5.74) is 10.1. The van der Waals surface area contributed by atoms with Gasteiger partial charge >= 0.3 is 0 Å². The molecule has 3 heterocycles. The van der Waals surface area contributed by atoms with Gasteiger partial charge in [0.05, 0.1) is 17.5 Å². The Morgan fingerprint density at radius 1 is 1.26 bits per heavy atom. The molecule has 1 fully saturated rings. The van der Waals surface area contributed by atoms with Crippen LogP contribution in [0.25, 0.3) is 0 Å². The molecule has 2 aliphatic heterocycles. The fourth-order valence-corrected chi connectivity index (χ4v) is 4.39. The molecule has 1 N–H and O–H groups in total. The van der Waals surface area contributed by atoms with Gasteiger partial charge in [0.25, 0.3) is 0 Å². The van der Waals surface area contributed by atoms with Crippen molar-refractivity contribution in [3.8, 4) is 0 Å². The maximum absolute atomic E-state index is 5.82. The quantitative estimate of drug-likeness (QED) is 0.857. The van der Waals surface area contributed by atoms with Gasteiger partial charge in [-0.15, -0.1) is 0 Å². The number of nitrogens with one attached hydrogen (secondary N) is 1. The summed E-state index contributed by atoms with van der Waals surface area (Å²) < 4.78 is 8.19. The fourth-order valence-electron chi connectivity index (χ4n) is 3.61. The van der Waals surface area contributed by atoms with Gasteiger partial charge in [0.1, 0.15) is 0 Å². The van der Waals surface area contributed by atoms with Crippen LogP contribution >= 0.6 is 11.8 Å². The van der Waals surface area contributed by atoms with Crippen molar-refractivity contribution in [3.05, 3.63) is 52.8 Å². The maximum Gasteiger partial charge on any atom is 0.182 e. The van der Waals surface area contributed by atoms with Crippen molar-refractivity contribution in [1.82, 2.24) is 9.99 Å². The zero-order valence-corrected chi connectivity index (χ0v) is 17.0. The monoisotopic (exact) mass is 382 g/mol. The van der Waals surface area contributed by atoms with E-state index in [-0.39, 0.29) is 0 Å². The van der Waals surface area contributed by atoms with Gasteiger partial charge in [-0.25, -0.2) is 4.99 Å². The number of aromatic nitrogens is 1. The van der Waals surface area contributed by atoms with Crippen LogP contribution < -0.4 is 5.43 Å². The Hall–Kier alpha value is -2.05. The van der Waals surface area contributed by atoms with E-state index < -0.39 is 0 Å². The molecule has 4 rings (SSSR count). The molecule has 2 aliphatic rings. The highest BCUT2D eigenvalue weighted by molar-refractivity contribution is 8.14. The predicted octanol–water partition coefficient (Wildman–Crippen LogP) is 4.32. The van der Waals surface area contributed by atoms with Crippen LogP contribution in [-0.4, -0.2) is 33.9 Å². The molecule has 5 nitrogen and oxygen atoms in total. The first-order valence-corrected chi connectivity index (χ1v) is 10.5. The molecule has 0 aliphatic carbocycles. The Labute approximate surface area is 164 Å². The minimum absolute atomic E-state index is 0.344. The molecule has 0 radical (unpaired) electrons. The summed E-state index contributed by atoms with van der Waals surface area (Å²) in [4.78, 5) is 4.64. The third-order valence-corrected chi connectivity index (χ3v) is 6.07. The van der Waals surface area contributed by atoms with Gasteiger partial charge in [0, 0.05) is 35.9 Å². The van der Waals surface area contributed by atoms with Crippen molar-refractivity contribution in [2.75, 3.05) is 12.4 Å². The molecule has 1 atom stereocenters. The lowest BCUT2D eigenvalue weighted by molar-refractivity contribution is 0.0962. The number of nitrogens with zero attached hydrogens (tertiary/aromatic N) is 3. The highest BCUT2D eigenvalue weighted by atomic mass is 32.2. The Balaban J connectivity index is 1.49. The van der Waals surface area contributed by atoms with E-state index in [1.165, 1.54) is 28.9 Å². The molecular formula is C21H26N4OS. The van der Waals surface area contributed by atoms with E-state index in [2.05, 4.69) is 59.1 Å². The SMILES string of the molecule is Cc1ccc(N=C2NN=C(c3cc(C)n(C[C@H]4CCCO4)c3C)CS2)cc1. The molecule has 6 heteroatoms. The van der Waals surface area contributed by atoms with Crippen LogP contribution in [-0.2, 0) is 11.3 Å². The molecule has 0 spiro atoms. The molecule has 0 amide bonds. The summed E-state index contributed by atoms with van der Waals surface area (Å²) in [7, 11) is 0. The van der Waals surface area contributed by atoms with E-state index in [9.17, 15) is 0 Å². The van der Waals surface area contributed by atoms with Crippen LogP contribution in [0.2, 0.25) is 0 Å². The minimum Gasteiger partial charge on any atom is -0.376 e. The van der Waals surface area contributed by atoms with Crippen molar-refractivity contribution in [2.45, 2.75) is 46.3 Å². The summed E-state index contributed by atoms with van der Waals surface area (Å²) in [6.07, 6.45) is 2.67. The molecule has 2 aromatic rings. The lowest BCUT2D eigenvalue weighted by Crippen LogP contribution is -2.25.